The molecule has 24 heavy (non-hydrogen) atoms. The van der Waals surface area contributed by atoms with Gasteiger partial charge in [-0.3, -0.25) is 4.79 Å². The van der Waals surface area contributed by atoms with E-state index in [0.29, 0.717) is 18.7 Å². The second kappa shape index (κ2) is 7.41. The number of aryl methyl sites for hydroxylation is 1. The second-order valence-corrected chi connectivity index (χ2v) is 5.14. The number of alkyl halides is 3. The summed E-state index contributed by atoms with van der Waals surface area (Å²) in [6, 6.07) is 1.98. The molecule has 2 rings (SSSR count). The van der Waals surface area contributed by atoms with E-state index >= 15 is 0 Å². The van der Waals surface area contributed by atoms with Crippen LogP contribution in [0, 0.1) is 0 Å². The molecule has 0 aliphatic carbocycles. The molecule has 1 N–H and O–H groups in total. The number of carbonyl (C=O) groups excluding carboxylic acids is 1. The number of anilines is 1. The minimum Gasteiger partial charge on any atom is -0.421 e. The number of amides is 1. The van der Waals surface area contributed by atoms with Crippen LogP contribution >= 0.6 is 0 Å². The van der Waals surface area contributed by atoms with Gasteiger partial charge >= 0.3 is 6.18 Å². The third kappa shape index (κ3) is 4.30. The molecule has 0 aromatic carbocycles. The van der Waals surface area contributed by atoms with E-state index in [9.17, 15) is 18.0 Å². The molecular weight excluding hydrogens is 325 g/mol. The Labute approximate surface area is 136 Å². The van der Waals surface area contributed by atoms with Gasteiger partial charge in [-0.25, -0.2) is 4.98 Å². The summed E-state index contributed by atoms with van der Waals surface area (Å²) >= 11 is 0. The summed E-state index contributed by atoms with van der Waals surface area (Å²) in [4.78, 5) is 15.3. The van der Waals surface area contributed by atoms with E-state index < -0.39 is 17.8 Å². The van der Waals surface area contributed by atoms with Crippen molar-refractivity contribution in [2.24, 2.45) is 0 Å². The summed E-state index contributed by atoms with van der Waals surface area (Å²) in [6.07, 6.45) is -2.56. The molecule has 2 heterocycles. The summed E-state index contributed by atoms with van der Waals surface area (Å²) in [5, 5.41) is 10.0. The van der Waals surface area contributed by atoms with Gasteiger partial charge in [0.15, 0.2) is 0 Å². The Bertz CT molecular complexity index is 713. The van der Waals surface area contributed by atoms with Crippen LogP contribution in [0.3, 0.4) is 0 Å². The number of nitrogens with one attached hydrogen (secondary N) is 1. The molecule has 0 bridgehead atoms. The molecule has 0 spiro atoms. The number of aromatic nitrogens is 3. The molecule has 2 aromatic rings. The molecule has 0 fully saturated rings. The Morgan fingerprint density at radius 1 is 1.21 bits per heavy atom. The molecule has 0 radical (unpaired) electrons. The maximum absolute atomic E-state index is 12.9. The maximum atomic E-state index is 12.9. The van der Waals surface area contributed by atoms with Gasteiger partial charge in [0, 0.05) is 12.8 Å². The highest BCUT2D eigenvalue weighted by atomic mass is 19.4. The SMILES string of the molecule is CCCC(=O)Nc1nc(C(F)(F)F)ccc1-c1nnc(CCC)o1. The highest BCUT2D eigenvalue weighted by Gasteiger charge is 2.33. The molecule has 130 valence electrons. The van der Waals surface area contributed by atoms with Crippen molar-refractivity contribution in [3.8, 4) is 11.5 Å². The fourth-order valence-corrected chi connectivity index (χ4v) is 1.98. The molecule has 0 saturated carbocycles. The van der Waals surface area contributed by atoms with E-state index in [1.807, 2.05) is 6.92 Å². The van der Waals surface area contributed by atoms with Gasteiger partial charge in [-0.1, -0.05) is 13.8 Å². The van der Waals surface area contributed by atoms with Crippen LogP contribution < -0.4 is 5.32 Å². The number of hydrogen-bond acceptors (Lipinski definition) is 5. The number of nitrogens with zero attached hydrogens (tertiary/aromatic N) is 3. The lowest BCUT2D eigenvalue weighted by atomic mass is 10.2. The zero-order valence-corrected chi connectivity index (χ0v) is 13.3. The van der Waals surface area contributed by atoms with E-state index in [4.69, 9.17) is 4.42 Å². The van der Waals surface area contributed by atoms with Crippen molar-refractivity contribution < 1.29 is 22.4 Å². The number of hydrogen-bond donors (Lipinski definition) is 1. The van der Waals surface area contributed by atoms with Crippen LogP contribution in [0.2, 0.25) is 0 Å². The van der Waals surface area contributed by atoms with Crippen molar-refractivity contribution >= 4 is 11.7 Å². The van der Waals surface area contributed by atoms with Crippen molar-refractivity contribution in [1.82, 2.24) is 15.2 Å². The summed E-state index contributed by atoms with van der Waals surface area (Å²) in [5.74, 6) is -0.279. The predicted octanol–water partition coefficient (Wildman–Crippen LogP) is 3.84. The van der Waals surface area contributed by atoms with Crippen LogP contribution in [0.5, 0.6) is 0 Å². The third-order valence-corrected chi connectivity index (χ3v) is 3.08. The Balaban J connectivity index is 2.42. The van der Waals surface area contributed by atoms with Gasteiger partial charge in [-0.15, -0.1) is 10.2 Å². The number of pyridine rings is 1. The molecule has 0 atom stereocenters. The first kappa shape index (κ1) is 17.9. The van der Waals surface area contributed by atoms with Crippen LogP contribution in [-0.4, -0.2) is 21.1 Å². The number of halogens is 3. The Morgan fingerprint density at radius 3 is 2.58 bits per heavy atom. The average Bonchev–Trinajstić information content (AvgIpc) is 2.95. The highest BCUT2D eigenvalue weighted by molar-refractivity contribution is 5.93. The van der Waals surface area contributed by atoms with E-state index in [-0.39, 0.29) is 23.7 Å². The van der Waals surface area contributed by atoms with Gasteiger partial charge < -0.3 is 9.73 Å². The monoisotopic (exact) mass is 342 g/mol. The summed E-state index contributed by atoms with van der Waals surface area (Å²) in [5.41, 5.74) is -0.950. The van der Waals surface area contributed by atoms with Crippen LogP contribution in [0.25, 0.3) is 11.5 Å². The highest BCUT2D eigenvalue weighted by Crippen LogP contribution is 2.33. The van der Waals surface area contributed by atoms with Crippen LogP contribution in [0.4, 0.5) is 19.0 Å². The lowest BCUT2D eigenvalue weighted by Gasteiger charge is -2.11. The van der Waals surface area contributed by atoms with Gasteiger partial charge in [0.05, 0.1) is 5.56 Å². The summed E-state index contributed by atoms with van der Waals surface area (Å²) in [7, 11) is 0. The Morgan fingerprint density at radius 2 is 1.96 bits per heavy atom. The molecule has 6 nitrogen and oxygen atoms in total. The second-order valence-electron chi connectivity index (χ2n) is 5.14. The van der Waals surface area contributed by atoms with Gasteiger partial charge in [0.2, 0.25) is 11.8 Å². The normalized spacial score (nSPS) is 11.5. The minimum absolute atomic E-state index is 0.0199. The fraction of sp³-hybridized carbons (Fsp3) is 0.467. The van der Waals surface area contributed by atoms with E-state index in [1.165, 1.54) is 6.07 Å². The maximum Gasteiger partial charge on any atom is 0.433 e. The average molecular weight is 342 g/mol. The van der Waals surface area contributed by atoms with Gasteiger partial charge in [0.25, 0.3) is 5.89 Å². The Kier molecular flexibility index (Phi) is 5.53. The lowest BCUT2D eigenvalue weighted by Crippen LogP contribution is -2.16. The molecule has 0 unspecified atom stereocenters. The molecule has 0 aliphatic heterocycles. The van der Waals surface area contributed by atoms with Gasteiger partial charge in [0.1, 0.15) is 11.5 Å². The van der Waals surface area contributed by atoms with Crippen LogP contribution in [-0.2, 0) is 17.4 Å². The first-order chi connectivity index (χ1) is 11.3. The minimum atomic E-state index is -4.62. The summed E-state index contributed by atoms with van der Waals surface area (Å²) in [6.45, 7) is 3.72. The molecule has 0 aliphatic rings. The van der Waals surface area contributed by atoms with Gasteiger partial charge in [-0.05, 0) is 25.0 Å². The zero-order valence-electron chi connectivity index (χ0n) is 13.3. The van der Waals surface area contributed by atoms with Gasteiger partial charge in [-0.2, -0.15) is 13.2 Å². The van der Waals surface area contributed by atoms with Crippen molar-refractivity contribution in [2.45, 2.75) is 45.7 Å². The predicted molar refractivity (Wildman–Crippen MR) is 80.1 cm³/mol. The van der Waals surface area contributed by atoms with Crippen molar-refractivity contribution in [3.63, 3.8) is 0 Å². The lowest BCUT2D eigenvalue weighted by molar-refractivity contribution is -0.141. The standard InChI is InChI=1S/C15H17F3N4O2/c1-3-5-11(23)20-13-9(7-8-10(19-13)15(16,17)18)14-22-21-12(24-14)6-4-2/h7-8H,3-6H2,1-2H3,(H,19,20,23). The quantitative estimate of drug-likeness (QED) is 0.862. The topological polar surface area (TPSA) is 80.9 Å². The van der Waals surface area contributed by atoms with E-state index in [2.05, 4.69) is 20.5 Å². The fourth-order valence-electron chi connectivity index (χ4n) is 1.98. The van der Waals surface area contributed by atoms with Crippen LogP contribution in [0.15, 0.2) is 16.5 Å². The number of rotatable bonds is 6. The van der Waals surface area contributed by atoms with Crippen molar-refractivity contribution in [3.05, 3.63) is 23.7 Å². The Hall–Kier alpha value is -2.45. The molecule has 0 saturated heterocycles. The largest absolute Gasteiger partial charge is 0.433 e. The molecular formula is C15H17F3N4O2. The first-order valence-electron chi connectivity index (χ1n) is 7.56. The van der Waals surface area contributed by atoms with Crippen molar-refractivity contribution in [2.75, 3.05) is 5.32 Å². The van der Waals surface area contributed by atoms with E-state index in [0.717, 1.165) is 12.5 Å². The smallest absolute Gasteiger partial charge is 0.421 e. The van der Waals surface area contributed by atoms with Crippen LogP contribution in [0.1, 0.15) is 44.7 Å². The molecule has 1 amide bonds. The van der Waals surface area contributed by atoms with Crippen molar-refractivity contribution in [1.29, 1.82) is 0 Å². The van der Waals surface area contributed by atoms with E-state index in [1.54, 1.807) is 6.92 Å². The summed E-state index contributed by atoms with van der Waals surface area (Å²) < 4.78 is 44.0. The number of carbonyl (C=O) groups is 1. The molecule has 2 aromatic heterocycles. The third-order valence-electron chi connectivity index (χ3n) is 3.08. The molecule has 9 heteroatoms. The first-order valence-corrected chi connectivity index (χ1v) is 7.56. The zero-order chi connectivity index (χ0) is 17.7.